The van der Waals surface area contributed by atoms with Gasteiger partial charge in [-0.15, -0.1) is 0 Å². The molecule has 1 amide bonds. The summed E-state index contributed by atoms with van der Waals surface area (Å²) in [6.07, 6.45) is 0. The topological polar surface area (TPSA) is 116 Å². The van der Waals surface area contributed by atoms with E-state index in [2.05, 4.69) is 10.3 Å². The van der Waals surface area contributed by atoms with Gasteiger partial charge in [-0.05, 0) is 32.0 Å². The minimum atomic E-state index is -0.681. The van der Waals surface area contributed by atoms with Crippen LogP contribution in [-0.4, -0.2) is 39.3 Å². The van der Waals surface area contributed by atoms with Gasteiger partial charge in [0.2, 0.25) is 5.91 Å². The van der Waals surface area contributed by atoms with Crippen molar-refractivity contribution in [1.29, 1.82) is 0 Å². The molecule has 0 aliphatic carbocycles. The van der Waals surface area contributed by atoms with Crippen molar-refractivity contribution in [1.82, 2.24) is 9.55 Å². The van der Waals surface area contributed by atoms with Crippen molar-refractivity contribution in [2.45, 2.75) is 30.3 Å². The fourth-order valence-electron chi connectivity index (χ4n) is 3.08. The smallest absolute Gasteiger partial charge is 0.271 e. The Morgan fingerprint density at radius 2 is 2.03 bits per heavy atom. The van der Waals surface area contributed by atoms with E-state index >= 15 is 0 Å². The monoisotopic (exact) mass is 476 g/mol. The van der Waals surface area contributed by atoms with Crippen LogP contribution < -0.4 is 10.9 Å². The fraction of sp³-hybridized carbons (Fsp3) is 0.286. The number of nitro groups is 1. The maximum absolute atomic E-state index is 13.1. The fourth-order valence-corrected chi connectivity index (χ4v) is 4.26. The van der Waals surface area contributed by atoms with Gasteiger partial charge in [-0.25, -0.2) is 4.98 Å². The van der Waals surface area contributed by atoms with Crippen LogP contribution in [0.3, 0.4) is 0 Å². The second-order valence-corrected chi connectivity index (χ2v) is 8.78. The lowest BCUT2D eigenvalue weighted by Crippen LogP contribution is -2.30. The molecule has 1 heterocycles. The molecule has 9 nitrogen and oxygen atoms in total. The quantitative estimate of drug-likeness (QED) is 0.223. The molecule has 11 heteroatoms. The molecule has 0 radical (unpaired) electrons. The summed E-state index contributed by atoms with van der Waals surface area (Å²) in [5, 5.41) is 14.0. The number of halogens is 1. The number of benzene rings is 2. The number of hydrogen-bond acceptors (Lipinski definition) is 7. The number of para-hydroxylation sites is 1. The third-order valence-corrected chi connectivity index (χ3v) is 6.09. The molecule has 0 saturated heterocycles. The first-order valence-corrected chi connectivity index (χ1v) is 10.9. The standard InChI is InChI=1S/C21H21ClN4O5S/c1-12(11-31-3)25-20(28)15-6-4-5-7-17(15)24-21(25)32-13(2)19(27)23-18-10-14(26(29)30)8-9-16(18)22/h4-10,12-13H,11H2,1-3H3,(H,23,27)/t12-,13+/m1/s1. The summed E-state index contributed by atoms with van der Waals surface area (Å²) in [6, 6.07) is 10.5. The normalized spacial score (nSPS) is 13.0. The number of hydrogen-bond donors (Lipinski definition) is 1. The molecule has 1 N–H and O–H groups in total. The Kier molecular flexibility index (Phi) is 7.49. The zero-order valence-electron chi connectivity index (χ0n) is 17.6. The van der Waals surface area contributed by atoms with Crippen molar-refractivity contribution in [2.24, 2.45) is 0 Å². The zero-order valence-corrected chi connectivity index (χ0v) is 19.1. The molecule has 3 rings (SSSR count). The second kappa shape index (κ2) is 10.1. The third kappa shape index (κ3) is 5.09. The molecule has 0 spiro atoms. The molecular formula is C21H21ClN4O5S. The molecule has 2 aromatic carbocycles. The highest BCUT2D eigenvalue weighted by Crippen LogP contribution is 2.29. The maximum Gasteiger partial charge on any atom is 0.271 e. The largest absolute Gasteiger partial charge is 0.383 e. The summed E-state index contributed by atoms with van der Waals surface area (Å²) in [5.74, 6) is -0.439. The van der Waals surface area contributed by atoms with Crippen LogP contribution >= 0.6 is 23.4 Å². The Morgan fingerprint density at radius 1 is 1.31 bits per heavy atom. The van der Waals surface area contributed by atoms with Crippen molar-refractivity contribution >= 4 is 51.5 Å². The molecule has 0 unspecified atom stereocenters. The minimum absolute atomic E-state index is 0.134. The number of rotatable bonds is 8. The first-order chi connectivity index (χ1) is 15.2. The third-order valence-electron chi connectivity index (χ3n) is 4.69. The number of anilines is 1. The molecule has 32 heavy (non-hydrogen) atoms. The Labute approximate surface area is 192 Å². The first kappa shape index (κ1) is 23.7. The van der Waals surface area contributed by atoms with E-state index in [1.54, 1.807) is 38.3 Å². The SMILES string of the molecule is COC[C@@H](C)n1c(S[C@@H](C)C(=O)Nc2cc([N+](=O)[O-])ccc2Cl)nc2ccccc2c1=O. The van der Waals surface area contributed by atoms with E-state index in [-0.39, 0.29) is 34.6 Å². The number of nitrogens with one attached hydrogen (secondary N) is 1. The summed E-state index contributed by atoms with van der Waals surface area (Å²) in [4.78, 5) is 41.0. The van der Waals surface area contributed by atoms with Gasteiger partial charge in [-0.1, -0.05) is 35.5 Å². The van der Waals surface area contributed by atoms with E-state index in [1.165, 1.54) is 22.8 Å². The van der Waals surface area contributed by atoms with Crippen LogP contribution in [0.15, 0.2) is 52.4 Å². The van der Waals surface area contributed by atoms with E-state index in [0.717, 1.165) is 11.8 Å². The van der Waals surface area contributed by atoms with Crippen LogP contribution in [0.2, 0.25) is 5.02 Å². The van der Waals surface area contributed by atoms with Gasteiger partial charge in [-0.3, -0.25) is 24.3 Å². The number of non-ortho nitro benzene ring substituents is 1. The molecular weight excluding hydrogens is 456 g/mol. The van der Waals surface area contributed by atoms with Gasteiger partial charge in [0.1, 0.15) is 0 Å². The number of methoxy groups -OCH3 is 1. The van der Waals surface area contributed by atoms with Crippen LogP contribution in [0.4, 0.5) is 11.4 Å². The molecule has 0 aliphatic heterocycles. The predicted molar refractivity (Wildman–Crippen MR) is 125 cm³/mol. The zero-order chi connectivity index (χ0) is 23.4. The lowest BCUT2D eigenvalue weighted by Gasteiger charge is -2.20. The number of fused-ring (bicyclic) bond motifs is 1. The molecule has 0 fully saturated rings. The van der Waals surface area contributed by atoms with Gasteiger partial charge in [-0.2, -0.15) is 0 Å². The van der Waals surface area contributed by atoms with Crippen LogP contribution in [0.5, 0.6) is 0 Å². The lowest BCUT2D eigenvalue weighted by atomic mass is 10.2. The van der Waals surface area contributed by atoms with Crippen molar-refractivity contribution < 1.29 is 14.5 Å². The number of nitro benzene ring substituents is 1. The molecule has 0 aliphatic rings. The van der Waals surface area contributed by atoms with Crippen LogP contribution in [0, 0.1) is 10.1 Å². The van der Waals surface area contributed by atoms with Crippen LogP contribution in [0.1, 0.15) is 19.9 Å². The highest BCUT2D eigenvalue weighted by Gasteiger charge is 2.23. The highest BCUT2D eigenvalue weighted by atomic mass is 35.5. The number of nitrogens with zero attached hydrogens (tertiary/aromatic N) is 3. The molecule has 1 aromatic heterocycles. The summed E-state index contributed by atoms with van der Waals surface area (Å²) in [7, 11) is 1.54. The van der Waals surface area contributed by atoms with Gasteiger partial charge >= 0.3 is 0 Å². The van der Waals surface area contributed by atoms with Gasteiger partial charge in [0.15, 0.2) is 5.16 Å². The van der Waals surface area contributed by atoms with Gasteiger partial charge in [0.25, 0.3) is 11.2 Å². The van der Waals surface area contributed by atoms with E-state index in [1.807, 2.05) is 6.92 Å². The van der Waals surface area contributed by atoms with E-state index in [9.17, 15) is 19.7 Å². The van der Waals surface area contributed by atoms with Gasteiger partial charge in [0.05, 0.1) is 44.4 Å². The molecule has 168 valence electrons. The number of carbonyl (C=O) groups excluding carboxylic acids is 1. The summed E-state index contributed by atoms with van der Waals surface area (Å²) in [5.41, 5.74) is 0.241. The average molecular weight is 477 g/mol. The number of amides is 1. The highest BCUT2D eigenvalue weighted by molar-refractivity contribution is 8.00. The van der Waals surface area contributed by atoms with Crippen LogP contribution in [0.25, 0.3) is 10.9 Å². The Morgan fingerprint density at radius 3 is 2.72 bits per heavy atom. The Bertz CT molecular complexity index is 1230. The minimum Gasteiger partial charge on any atom is -0.383 e. The van der Waals surface area contributed by atoms with Gasteiger partial charge in [0, 0.05) is 19.2 Å². The maximum atomic E-state index is 13.1. The number of ether oxygens (including phenoxy) is 1. The Balaban J connectivity index is 1.92. The molecule has 3 aromatic rings. The molecule has 0 saturated carbocycles. The second-order valence-electron chi connectivity index (χ2n) is 7.06. The lowest BCUT2D eigenvalue weighted by molar-refractivity contribution is -0.384. The molecule has 2 atom stereocenters. The van der Waals surface area contributed by atoms with E-state index in [0.29, 0.717) is 16.1 Å². The van der Waals surface area contributed by atoms with Crippen molar-refractivity contribution in [3.8, 4) is 0 Å². The summed E-state index contributed by atoms with van der Waals surface area (Å²) in [6.45, 7) is 3.77. The first-order valence-electron chi connectivity index (χ1n) is 9.64. The number of thioether (sulfide) groups is 1. The Hall–Kier alpha value is -2.95. The van der Waals surface area contributed by atoms with Gasteiger partial charge < -0.3 is 10.1 Å². The van der Waals surface area contributed by atoms with Crippen LogP contribution in [-0.2, 0) is 9.53 Å². The molecule has 0 bridgehead atoms. The number of carbonyl (C=O) groups is 1. The summed E-state index contributed by atoms with van der Waals surface area (Å²) >= 11 is 7.19. The average Bonchev–Trinajstić information content (AvgIpc) is 2.75. The predicted octanol–water partition coefficient (Wildman–Crippen LogP) is 4.28. The summed E-state index contributed by atoms with van der Waals surface area (Å²) < 4.78 is 6.72. The number of aromatic nitrogens is 2. The van der Waals surface area contributed by atoms with E-state index in [4.69, 9.17) is 16.3 Å². The van der Waals surface area contributed by atoms with E-state index < -0.39 is 16.1 Å². The van der Waals surface area contributed by atoms with Crippen molar-refractivity contribution in [3.63, 3.8) is 0 Å². The van der Waals surface area contributed by atoms with Crippen molar-refractivity contribution in [2.75, 3.05) is 19.0 Å². The van der Waals surface area contributed by atoms with Crippen molar-refractivity contribution in [3.05, 3.63) is 68.0 Å².